The van der Waals surface area contributed by atoms with E-state index in [1.165, 1.54) is 11.8 Å². The van der Waals surface area contributed by atoms with Gasteiger partial charge in [0, 0.05) is 17.1 Å². The lowest BCUT2D eigenvalue weighted by atomic mass is 10.2. The highest BCUT2D eigenvalue weighted by atomic mass is 35.5. The molecule has 1 aliphatic heterocycles. The zero-order valence-corrected chi connectivity index (χ0v) is 19.5. The van der Waals surface area contributed by atoms with E-state index >= 15 is 0 Å². The summed E-state index contributed by atoms with van der Waals surface area (Å²) in [5.41, 5.74) is 2.32. The van der Waals surface area contributed by atoms with Gasteiger partial charge in [0.25, 0.3) is 0 Å². The molecule has 1 heterocycles. The van der Waals surface area contributed by atoms with Crippen LogP contribution in [0.5, 0.6) is 5.75 Å². The quantitative estimate of drug-likeness (QED) is 0.485. The Morgan fingerprint density at radius 1 is 1.06 bits per heavy atom. The molecule has 4 rings (SSSR count). The number of ether oxygens (including phenoxy) is 1. The van der Waals surface area contributed by atoms with Crippen molar-refractivity contribution in [3.05, 3.63) is 89.4 Å². The molecule has 33 heavy (non-hydrogen) atoms. The molecule has 3 aromatic carbocycles. The Labute approximate surface area is 201 Å². The van der Waals surface area contributed by atoms with Crippen molar-refractivity contribution in [3.63, 3.8) is 0 Å². The lowest BCUT2D eigenvalue weighted by Crippen LogP contribution is -2.33. The Bertz CT molecular complexity index is 1150. The van der Waals surface area contributed by atoms with Crippen molar-refractivity contribution in [1.82, 2.24) is 4.90 Å². The largest absolute Gasteiger partial charge is 0.497 e. The molecule has 1 aliphatic rings. The summed E-state index contributed by atoms with van der Waals surface area (Å²) in [5, 5.41) is 3.42. The summed E-state index contributed by atoms with van der Waals surface area (Å²) >= 11 is 7.21. The van der Waals surface area contributed by atoms with E-state index in [-0.39, 0.29) is 18.2 Å². The number of anilines is 1. The summed E-state index contributed by atoms with van der Waals surface area (Å²) in [5.74, 6) is 0.350. The van der Waals surface area contributed by atoms with Crippen LogP contribution < -0.4 is 10.1 Å². The lowest BCUT2D eigenvalue weighted by molar-refractivity contribution is -0.128. The topological polar surface area (TPSA) is 71.0 Å². The van der Waals surface area contributed by atoms with Gasteiger partial charge in [-0.1, -0.05) is 53.7 Å². The van der Waals surface area contributed by atoms with E-state index in [1.54, 1.807) is 36.3 Å². The van der Waals surface area contributed by atoms with Crippen LogP contribution in [0.25, 0.3) is 0 Å². The SMILES string of the molecule is COc1ccc(N=C2SC(CC(=O)Nc3ccc(Cl)cc3)C(=O)N2Cc2ccccc2)cc1. The number of thioether (sulfide) groups is 1. The smallest absolute Gasteiger partial charge is 0.242 e. The third-order valence-electron chi connectivity index (χ3n) is 5.00. The Morgan fingerprint density at radius 3 is 2.42 bits per heavy atom. The second-order valence-corrected chi connectivity index (χ2v) is 8.97. The molecule has 1 fully saturated rings. The number of methoxy groups -OCH3 is 1. The van der Waals surface area contributed by atoms with Gasteiger partial charge in [-0.05, 0) is 54.1 Å². The second-order valence-electron chi connectivity index (χ2n) is 7.37. The molecule has 3 aromatic rings. The highest BCUT2D eigenvalue weighted by molar-refractivity contribution is 8.15. The van der Waals surface area contributed by atoms with Gasteiger partial charge in [0.1, 0.15) is 11.0 Å². The Kier molecular flexibility index (Phi) is 7.32. The first kappa shape index (κ1) is 22.9. The van der Waals surface area contributed by atoms with E-state index in [4.69, 9.17) is 21.3 Å². The maximum Gasteiger partial charge on any atom is 0.242 e. The number of hydrogen-bond donors (Lipinski definition) is 1. The summed E-state index contributed by atoms with van der Waals surface area (Å²) in [6.45, 7) is 0.386. The molecule has 0 aromatic heterocycles. The maximum atomic E-state index is 13.3. The number of amidine groups is 1. The van der Waals surface area contributed by atoms with Crippen LogP contribution in [-0.2, 0) is 16.1 Å². The summed E-state index contributed by atoms with van der Waals surface area (Å²) in [4.78, 5) is 32.2. The molecule has 8 heteroatoms. The van der Waals surface area contributed by atoms with Crippen molar-refractivity contribution < 1.29 is 14.3 Å². The van der Waals surface area contributed by atoms with Crippen molar-refractivity contribution in [2.75, 3.05) is 12.4 Å². The van der Waals surface area contributed by atoms with E-state index in [2.05, 4.69) is 5.32 Å². The minimum atomic E-state index is -0.557. The first-order valence-electron chi connectivity index (χ1n) is 10.3. The Hall–Kier alpha value is -3.29. The van der Waals surface area contributed by atoms with E-state index in [1.807, 2.05) is 54.6 Å². The van der Waals surface area contributed by atoms with E-state index in [0.717, 1.165) is 11.3 Å². The fourth-order valence-electron chi connectivity index (χ4n) is 3.32. The molecule has 1 saturated heterocycles. The third kappa shape index (κ3) is 5.94. The van der Waals surface area contributed by atoms with Crippen LogP contribution in [0.2, 0.25) is 5.02 Å². The van der Waals surface area contributed by atoms with Gasteiger partial charge in [-0.2, -0.15) is 0 Å². The number of rotatable bonds is 7. The number of hydrogen-bond acceptors (Lipinski definition) is 5. The van der Waals surface area contributed by atoms with Crippen LogP contribution in [-0.4, -0.2) is 34.2 Å². The maximum absolute atomic E-state index is 13.3. The second kappa shape index (κ2) is 10.6. The van der Waals surface area contributed by atoms with Crippen molar-refractivity contribution >= 4 is 51.7 Å². The third-order valence-corrected chi connectivity index (χ3v) is 6.43. The van der Waals surface area contributed by atoms with Gasteiger partial charge in [-0.25, -0.2) is 4.99 Å². The summed E-state index contributed by atoms with van der Waals surface area (Å²) in [6, 6.07) is 23.9. The van der Waals surface area contributed by atoms with E-state index in [9.17, 15) is 9.59 Å². The molecule has 1 atom stereocenters. The highest BCUT2D eigenvalue weighted by Gasteiger charge is 2.39. The Morgan fingerprint density at radius 2 is 1.76 bits per heavy atom. The fraction of sp³-hybridized carbons (Fsp3) is 0.160. The molecular formula is C25H22ClN3O3S. The van der Waals surface area contributed by atoms with Crippen LogP contribution in [0.15, 0.2) is 83.9 Å². The monoisotopic (exact) mass is 479 g/mol. The van der Waals surface area contributed by atoms with Crippen molar-refractivity contribution in [2.24, 2.45) is 4.99 Å². The van der Waals surface area contributed by atoms with Gasteiger partial charge >= 0.3 is 0 Å². The number of nitrogens with zero attached hydrogens (tertiary/aromatic N) is 2. The van der Waals surface area contributed by atoms with Crippen LogP contribution in [0, 0.1) is 0 Å². The summed E-state index contributed by atoms with van der Waals surface area (Å²) in [6.07, 6.45) is 0.0407. The van der Waals surface area contributed by atoms with Crippen molar-refractivity contribution in [1.29, 1.82) is 0 Å². The average Bonchev–Trinajstić information content (AvgIpc) is 3.10. The molecule has 2 amide bonds. The molecular weight excluding hydrogens is 458 g/mol. The van der Waals surface area contributed by atoms with E-state index in [0.29, 0.717) is 28.1 Å². The minimum absolute atomic E-state index is 0.0407. The lowest BCUT2D eigenvalue weighted by Gasteiger charge is -2.16. The predicted molar refractivity (Wildman–Crippen MR) is 133 cm³/mol. The molecule has 6 nitrogen and oxygen atoms in total. The molecule has 0 aliphatic carbocycles. The molecule has 0 spiro atoms. The number of nitrogens with one attached hydrogen (secondary N) is 1. The van der Waals surface area contributed by atoms with Crippen LogP contribution in [0.1, 0.15) is 12.0 Å². The van der Waals surface area contributed by atoms with E-state index < -0.39 is 5.25 Å². The zero-order chi connectivity index (χ0) is 23.2. The van der Waals surface area contributed by atoms with Gasteiger partial charge in [0.15, 0.2) is 5.17 Å². The number of amides is 2. The van der Waals surface area contributed by atoms with Gasteiger partial charge in [0.2, 0.25) is 11.8 Å². The molecule has 0 radical (unpaired) electrons. The first-order valence-corrected chi connectivity index (χ1v) is 11.6. The number of halogens is 1. The van der Waals surface area contributed by atoms with Crippen LogP contribution in [0.3, 0.4) is 0 Å². The highest BCUT2D eigenvalue weighted by Crippen LogP contribution is 2.33. The number of carbonyl (C=O) groups is 2. The predicted octanol–water partition coefficient (Wildman–Crippen LogP) is 5.51. The van der Waals surface area contributed by atoms with Crippen molar-refractivity contribution in [2.45, 2.75) is 18.2 Å². The van der Waals surface area contributed by atoms with Crippen LogP contribution >= 0.6 is 23.4 Å². The molecule has 168 valence electrons. The minimum Gasteiger partial charge on any atom is -0.497 e. The first-order chi connectivity index (χ1) is 16.0. The molecule has 1 unspecified atom stereocenters. The van der Waals surface area contributed by atoms with Gasteiger partial charge < -0.3 is 10.1 Å². The summed E-state index contributed by atoms with van der Waals surface area (Å²) in [7, 11) is 1.60. The Balaban J connectivity index is 1.53. The molecule has 0 saturated carbocycles. The number of aliphatic imine (C=N–C) groups is 1. The molecule has 0 bridgehead atoms. The average molecular weight is 480 g/mol. The molecule has 1 N–H and O–H groups in total. The van der Waals surface area contributed by atoms with Gasteiger partial charge in [-0.3, -0.25) is 14.5 Å². The van der Waals surface area contributed by atoms with Crippen LogP contribution in [0.4, 0.5) is 11.4 Å². The normalized spacial score (nSPS) is 16.8. The number of benzene rings is 3. The standard InChI is InChI=1S/C25H22ClN3O3S/c1-32-21-13-11-20(12-14-21)28-25-29(16-17-5-3-2-4-6-17)24(31)22(33-25)15-23(30)27-19-9-7-18(26)8-10-19/h2-14,22H,15-16H2,1H3,(H,27,30). The van der Waals surface area contributed by atoms with Gasteiger partial charge in [0.05, 0.1) is 19.3 Å². The van der Waals surface area contributed by atoms with Gasteiger partial charge in [-0.15, -0.1) is 0 Å². The fourth-order valence-corrected chi connectivity index (χ4v) is 4.60. The number of carbonyl (C=O) groups excluding carboxylic acids is 2. The summed E-state index contributed by atoms with van der Waals surface area (Å²) < 4.78 is 5.20. The van der Waals surface area contributed by atoms with Crippen molar-refractivity contribution in [3.8, 4) is 5.75 Å². The zero-order valence-electron chi connectivity index (χ0n) is 17.9.